The van der Waals surface area contributed by atoms with Crippen LogP contribution in [0.3, 0.4) is 0 Å². The Labute approximate surface area is 148 Å². The first kappa shape index (κ1) is 17.5. The van der Waals surface area contributed by atoms with Gasteiger partial charge >= 0.3 is 6.09 Å². The molecule has 1 fully saturated rings. The quantitative estimate of drug-likeness (QED) is 0.893. The molecule has 0 aliphatic heterocycles. The number of amides is 1. The molecule has 2 aromatic rings. The molecular formula is C18H27N5O2. The van der Waals surface area contributed by atoms with E-state index in [1.807, 2.05) is 40.1 Å². The summed E-state index contributed by atoms with van der Waals surface area (Å²) in [7, 11) is 1.91. The highest BCUT2D eigenvalue weighted by molar-refractivity contribution is 5.88. The minimum Gasteiger partial charge on any atom is -0.444 e. The maximum Gasteiger partial charge on any atom is 0.407 e. The Balaban J connectivity index is 1.53. The average molecular weight is 345 g/mol. The first-order valence-corrected chi connectivity index (χ1v) is 8.84. The molecule has 7 nitrogen and oxygen atoms in total. The summed E-state index contributed by atoms with van der Waals surface area (Å²) >= 11 is 0. The lowest BCUT2D eigenvalue weighted by molar-refractivity contribution is 0.0492. The normalized spacial score (nSPS) is 21.1. The van der Waals surface area contributed by atoms with Gasteiger partial charge in [-0.1, -0.05) is 0 Å². The van der Waals surface area contributed by atoms with E-state index in [1.54, 1.807) is 10.9 Å². The number of aromatic nitrogens is 3. The third kappa shape index (κ3) is 4.61. The number of fused-ring (bicyclic) bond motifs is 1. The van der Waals surface area contributed by atoms with Crippen molar-refractivity contribution in [1.29, 1.82) is 0 Å². The molecule has 0 unspecified atom stereocenters. The standard InChI is InChI=1S/C18H27N5O2/c1-18(2,3)25-17(24)21-13-7-5-12(6-8-13)20-16-14-11-23(4)22-15(14)9-10-19-16/h9-13H,5-8H2,1-4H3,(H,19,20)(H,21,24). The summed E-state index contributed by atoms with van der Waals surface area (Å²) in [6.45, 7) is 5.62. The second-order valence-corrected chi connectivity index (χ2v) is 7.73. The van der Waals surface area contributed by atoms with Crippen LogP contribution in [0.5, 0.6) is 0 Å². The summed E-state index contributed by atoms with van der Waals surface area (Å²) in [5.41, 5.74) is 0.483. The Bertz CT molecular complexity index is 741. The first-order valence-electron chi connectivity index (χ1n) is 8.84. The minimum atomic E-state index is -0.461. The van der Waals surface area contributed by atoms with Gasteiger partial charge in [0.25, 0.3) is 0 Å². The molecule has 2 aromatic heterocycles. The fourth-order valence-corrected chi connectivity index (χ4v) is 3.23. The van der Waals surface area contributed by atoms with Gasteiger partial charge in [0.2, 0.25) is 0 Å². The lowest BCUT2D eigenvalue weighted by Crippen LogP contribution is -2.42. The van der Waals surface area contributed by atoms with Crippen LogP contribution in [0.1, 0.15) is 46.5 Å². The lowest BCUT2D eigenvalue weighted by Gasteiger charge is -2.30. The van der Waals surface area contributed by atoms with E-state index in [2.05, 4.69) is 20.7 Å². The number of aryl methyl sites for hydroxylation is 1. The van der Waals surface area contributed by atoms with E-state index in [4.69, 9.17) is 4.74 Å². The van der Waals surface area contributed by atoms with Crippen molar-refractivity contribution in [2.24, 2.45) is 7.05 Å². The first-order chi connectivity index (χ1) is 11.8. The second-order valence-electron chi connectivity index (χ2n) is 7.73. The molecule has 1 saturated carbocycles. The molecule has 1 aliphatic rings. The van der Waals surface area contributed by atoms with Crippen LogP contribution in [-0.4, -0.2) is 38.5 Å². The molecule has 0 spiro atoms. The second kappa shape index (κ2) is 6.90. The van der Waals surface area contributed by atoms with Crippen molar-refractivity contribution in [2.45, 2.75) is 64.1 Å². The van der Waals surface area contributed by atoms with Crippen LogP contribution >= 0.6 is 0 Å². The predicted octanol–water partition coefficient (Wildman–Crippen LogP) is 3.22. The van der Waals surface area contributed by atoms with Crippen molar-refractivity contribution in [3.05, 3.63) is 18.5 Å². The highest BCUT2D eigenvalue weighted by Crippen LogP contribution is 2.25. The Hall–Kier alpha value is -2.31. The topological polar surface area (TPSA) is 81.1 Å². The van der Waals surface area contributed by atoms with E-state index in [0.29, 0.717) is 6.04 Å². The van der Waals surface area contributed by atoms with Gasteiger partial charge in [0.15, 0.2) is 0 Å². The molecule has 0 atom stereocenters. The molecule has 25 heavy (non-hydrogen) atoms. The summed E-state index contributed by atoms with van der Waals surface area (Å²) < 4.78 is 7.13. The fourth-order valence-electron chi connectivity index (χ4n) is 3.23. The van der Waals surface area contributed by atoms with Crippen molar-refractivity contribution >= 4 is 22.8 Å². The number of pyridine rings is 1. The molecular weight excluding hydrogens is 318 g/mol. The minimum absolute atomic E-state index is 0.176. The Kier molecular flexibility index (Phi) is 4.83. The highest BCUT2D eigenvalue weighted by Gasteiger charge is 2.25. The molecule has 0 saturated heterocycles. The molecule has 2 N–H and O–H groups in total. The van der Waals surface area contributed by atoms with Crippen molar-refractivity contribution < 1.29 is 9.53 Å². The molecule has 3 rings (SSSR count). The molecule has 0 radical (unpaired) electrons. The van der Waals surface area contributed by atoms with E-state index in [1.165, 1.54) is 0 Å². The molecule has 1 aliphatic carbocycles. The highest BCUT2D eigenvalue weighted by atomic mass is 16.6. The largest absolute Gasteiger partial charge is 0.444 e. The van der Waals surface area contributed by atoms with Crippen molar-refractivity contribution in [2.75, 3.05) is 5.32 Å². The fraction of sp³-hybridized carbons (Fsp3) is 0.611. The number of nitrogens with zero attached hydrogens (tertiary/aromatic N) is 3. The number of carbonyl (C=O) groups is 1. The monoisotopic (exact) mass is 345 g/mol. The SMILES string of the molecule is Cn1cc2c(NC3CCC(NC(=O)OC(C)(C)C)CC3)nccc2n1. The Morgan fingerprint density at radius 1 is 1.24 bits per heavy atom. The summed E-state index contributed by atoms with van der Waals surface area (Å²) in [6.07, 6.45) is 7.27. The molecule has 136 valence electrons. The van der Waals surface area contributed by atoms with Crippen LogP contribution in [0.15, 0.2) is 18.5 Å². The lowest BCUT2D eigenvalue weighted by atomic mass is 9.91. The van der Waals surface area contributed by atoms with Crippen LogP contribution in [0.2, 0.25) is 0 Å². The van der Waals surface area contributed by atoms with Crippen LogP contribution in [-0.2, 0) is 11.8 Å². The van der Waals surface area contributed by atoms with Gasteiger partial charge in [-0.15, -0.1) is 0 Å². The maximum absolute atomic E-state index is 11.9. The van der Waals surface area contributed by atoms with Gasteiger partial charge in [0.1, 0.15) is 11.4 Å². The van der Waals surface area contributed by atoms with Crippen LogP contribution in [0.25, 0.3) is 10.9 Å². The number of anilines is 1. The zero-order valence-corrected chi connectivity index (χ0v) is 15.4. The third-order valence-electron chi connectivity index (χ3n) is 4.34. The average Bonchev–Trinajstić information content (AvgIpc) is 2.88. The summed E-state index contributed by atoms with van der Waals surface area (Å²) in [5.74, 6) is 0.883. The molecule has 0 aromatic carbocycles. The van der Waals surface area contributed by atoms with Gasteiger partial charge < -0.3 is 15.4 Å². The maximum atomic E-state index is 11.9. The van der Waals surface area contributed by atoms with Crippen LogP contribution < -0.4 is 10.6 Å². The Morgan fingerprint density at radius 2 is 1.92 bits per heavy atom. The van der Waals surface area contributed by atoms with Gasteiger partial charge in [-0.25, -0.2) is 9.78 Å². The third-order valence-corrected chi connectivity index (χ3v) is 4.34. The van der Waals surface area contributed by atoms with Crippen molar-refractivity contribution in [3.8, 4) is 0 Å². The van der Waals surface area contributed by atoms with Gasteiger partial charge in [-0.05, 0) is 52.5 Å². The summed E-state index contributed by atoms with van der Waals surface area (Å²) in [6, 6.07) is 2.45. The van der Waals surface area contributed by atoms with Crippen molar-refractivity contribution in [3.63, 3.8) is 0 Å². The van der Waals surface area contributed by atoms with Crippen LogP contribution in [0.4, 0.5) is 10.6 Å². The number of alkyl carbamates (subject to hydrolysis) is 1. The molecule has 7 heteroatoms. The summed E-state index contributed by atoms with van der Waals surface area (Å²) in [5, 5.41) is 12.0. The molecule has 2 heterocycles. The number of hydrogen-bond acceptors (Lipinski definition) is 5. The van der Waals surface area contributed by atoms with Crippen LogP contribution in [0, 0.1) is 0 Å². The van der Waals surface area contributed by atoms with Gasteiger partial charge in [-0.2, -0.15) is 5.10 Å². The predicted molar refractivity (Wildman–Crippen MR) is 97.5 cm³/mol. The van der Waals surface area contributed by atoms with Crippen molar-refractivity contribution in [1.82, 2.24) is 20.1 Å². The van der Waals surface area contributed by atoms with E-state index in [-0.39, 0.29) is 12.1 Å². The van der Waals surface area contributed by atoms with E-state index < -0.39 is 5.60 Å². The molecule has 1 amide bonds. The Morgan fingerprint density at radius 3 is 2.60 bits per heavy atom. The smallest absolute Gasteiger partial charge is 0.407 e. The van der Waals surface area contributed by atoms with E-state index in [9.17, 15) is 4.79 Å². The van der Waals surface area contributed by atoms with Gasteiger partial charge in [0, 0.05) is 31.5 Å². The number of hydrogen-bond donors (Lipinski definition) is 2. The van der Waals surface area contributed by atoms with E-state index >= 15 is 0 Å². The summed E-state index contributed by atoms with van der Waals surface area (Å²) in [4.78, 5) is 16.3. The number of ether oxygens (including phenoxy) is 1. The zero-order valence-electron chi connectivity index (χ0n) is 15.4. The zero-order chi connectivity index (χ0) is 18.0. The van der Waals surface area contributed by atoms with Gasteiger partial charge in [-0.3, -0.25) is 4.68 Å². The number of carbonyl (C=O) groups excluding carboxylic acids is 1. The molecule has 0 bridgehead atoms. The van der Waals surface area contributed by atoms with E-state index in [0.717, 1.165) is 42.4 Å². The van der Waals surface area contributed by atoms with Gasteiger partial charge in [0.05, 0.1) is 10.9 Å². The number of nitrogens with one attached hydrogen (secondary N) is 2. The number of rotatable bonds is 3.